The summed E-state index contributed by atoms with van der Waals surface area (Å²) in [6.07, 6.45) is 7.11. The van der Waals surface area contributed by atoms with E-state index in [4.69, 9.17) is 4.74 Å². The lowest BCUT2D eigenvalue weighted by Crippen LogP contribution is -2.42. The Morgan fingerprint density at radius 1 is 1.16 bits per heavy atom. The minimum Gasteiger partial charge on any atom is -0.446 e. The quantitative estimate of drug-likeness (QED) is 0.754. The second kappa shape index (κ2) is 6.62. The molecule has 0 radical (unpaired) electrons. The van der Waals surface area contributed by atoms with Crippen LogP contribution >= 0.6 is 0 Å². The van der Waals surface area contributed by atoms with Gasteiger partial charge in [0.2, 0.25) is 0 Å². The number of hydrogen-bond acceptors (Lipinski definition) is 2. The van der Waals surface area contributed by atoms with Crippen molar-refractivity contribution in [2.75, 3.05) is 13.1 Å². The smallest absolute Gasteiger partial charge is 0.410 e. The normalized spacial score (nSPS) is 32.4. The van der Waals surface area contributed by atoms with E-state index in [9.17, 15) is 4.79 Å². The molecule has 3 heteroatoms. The molecule has 1 saturated heterocycles. The van der Waals surface area contributed by atoms with Crippen molar-refractivity contribution in [1.29, 1.82) is 0 Å². The van der Waals surface area contributed by atoms with Gasteiger partial charge in [0.1, 0.15) is 6.10 Å². The van der Waals surface area contributed by atoms with E-state index in [0.29, 0.717) is 17.8 Å². The molecule has 1 heterocycles. The van der Waals surface area contributed by atoms with Gasteiger partial charge in [-0.3, -0.25) is 0 Å². The fourth-order valence-corrected chi connectivity index (χ4v) is 3.53. The summed E-state index contributed by atoms with van der Waals surface area (Å²) in [6.45, 7) is 8.55. The van der Waals surface area contributed by atoms with E-state index in [1.165, 1.54) is 19.3 Å². The predicted octanol–water partition coefficient (Wildman–Crippen LogP) is 4.07. The SMILES string of the molecule is CC(C)[C@@H]1CC[C@@H](C)C[C@H]1OC(=O)N1CCCCC1. The summed E-state index contributed by atoms with van der Waals surface area (Å²) in [5.41, 5.74) is 0. The summed E-state index contributed by atoms with van der Waals surface area (Å²) < 4.78 is 5.86. The van der Waals surface area contributed by atoms with Gasteiger partial charge >= 0.3 is 6.09 Å². The zero-order valence-corrected chi connectivity index (χ0v) is 12.7. The highest BCUT2D eigenvalue weighted by atomic mass is 16.6. The molecule has 1 saturated carbocycles. The van der Waals surface area contributed by atoms with Crippen molar-refractivity contribution >= 4 is 6.09 Å². The Bertz CT molecular complexity index is 297. The van der Waals surface area contributed by atoms with Crippen LogP contribution in [0.2, 0.25) is 0 Å². The molecule has 0 aromatic rings. The fourth-order valence-electron chi connectivity index (χ4n) is 3.53. The maximum absolute atomic E-state index is 12.2. The van der Waals surface area contributed by atoms with Gasteiger partial charge in [-0.15, -0.1) is 0 Å². The first-order valence-corrected chi connectivity index (χ1v) is 8.03. The zero-order chi connectivity index (χ0) is 13.8. The maximum Gasteiger partial charge on any atom is 0.410 e. The lowest BCUT2D eigenvalue weighted by molar-refractivity contribution is -0.0121. The third-order valence-electron chi connectivity index (χ3n) is 4.83. The van der Waals surface area contributed by atoms with E-state index in [1.54, 1.807) is 0 Å². The second-order valence-electron chi connectivity index (χ2n) is 6.80. The Hall–Kier alpha value is -0.730. The van der Waals surface area contributed by atoms with Crippen molar-refractivity contribution < 1.29 is 9.53 Å². The highest BCUT2D eigenvalue weighted by Gasteiger charge is 2.34. The number of rotatable bonds is 2. The molecule has 1 amide bonds. The van der Waals surface area contributed by atoms with Crippen molar-refractivity contribution in [3.8, 4) is 0 Å². The van der Waals surface area contributed by atoms with Gasteiger partial charge in [-0.25, -0.2) is 4.79 Å². The molecule has 0 bridgehead atoms. The van der Waals surface area contributed by atoms with E-state index < -0.39 is 0 Å². The molecule has 0 aromatic heterocycles. The van der Waals surface area contributed by atoms with Gasteiger partial charge in [-0.1, -0.05) is 27.2 Å². The third kappa shape index (κ3) is 3.87. The van der Waals surface area contributed by atoms with E-state index in [1.807, 2.05) is 4.90 Å². The predicted molar refractivity (Wildman–Crippen MR) is 77.0 cm³/mol. The average Bonchev–Trinajstić information content (AvgIpc) is 2.39. The lowest BCUT2D eigenvalue weighted by atomic mass is 9.75. The molecule has 1 aliphatic carbocycles. The van der Waals surface area contributed by atoms with Gasteiger partial charge in [0.15, 0.2) is 0 Å². The monoisotopic (exact) mass is 267 g/mol. The molecule has 0 spiro atoms. The Kier molecular flexibility index (Phi) is 5.12. The number of amides is 1. The topological polar surface area (TPSA) is 29.5 Å². The largest absolute Gasteiger partial charge is 0.446 e. The van der Waals surface area contributed by atoms with Crippen LogP contribution in [0.15, 0.2) is 0 Å². The van der Waals surface area contributed by atoms with Crippen molar-refractivity contribution in [1.82, 2.24) is 4.90 Å². The summed E-state index contributed by atoms with van der Waals surface area (Å²) in [5.74, 6) is 1.84. The van der Waals surface area contributed by atoms with Crippen molar-refractivity contribution in [3.63, 3.8) is 0 Å². The molecule has 3 atom stereocenters. The summed E-state index contributed by atoms with van der Waals surface area (Å²) in [5, 5.41) is 0. The van der Waals surface area contributed by atoms with Crippen LogP contribution in [0.4, 0.5) is 4.79 Å². The molecule has 19 heavy (non-hydrogen) atoms. The molecule has 0 aromatic carbocycles. The van der Waals surface area contributed by atoms with Crippen LogP contribution in [-0.4, -0.2) is 30.2 Å². The van der Waals surface area contributed by atoms with E-state index in [-0.39, 0.29) is 12.2 Å². The molecule has 2 rings (SSSR count). The Morgan fingerprint density at radius 3 is 2.47 bits per heavy atom. The molecular weight excluding hydrogens is 238 g/mol. The van der Waals surface area contributed by atoms with Crippen LogP contribution < -0.4 is 0 Å². The number of carbonyl (C=O) groups excluding carboxylic acids is 1. The zero-order valence-electron chi connectivity index (χ0n) is 12.7. The Labute approximate surface area is 117 Å². The van der Waals surface area contributed by atoms with Crippen LogP contribution in [0.3, 0.4) is 0 Å². The lowest BCUT2D eigenvalue weighted by Gasteiger charge is -2.38. The number of nitrogens with zero attached hydrogens (tertiary/aromatic N) is 1. The van der Waals surface area contributed by atoms with Crippen LogP contribution in [0.5, 0.6) is 0 Å². The second-order valence-corrected chi connectivity index (χ2v) is 6.80. The molecule has 0 unspecified atom stereocenters. The summed E-state index contributed by atoms with van der Waals surface area (Å²) in [4.78, 5) is 14.1. The number of likely N-dealkylation sites (tertiary alicyclic amines) is 1. The summed E-state index contributed by atoms with van der Waals surface area (Å²) >= 11 is 0. The Balaban J connectivity index is 1.92. The summed E-state index contributed by atoms with van der Waals surface area (Å²) in [6, 6.07) is 0. The van der Waals surface area contributed by atoms with Gasteiger partial charge < -0.3 is 9.64 Å². The standard InChI is InChI=1S/C16H29NO2/c1-12(2)14-8-7-13(3)11-15(14)19-16(18)17-9-5-4-6-10-17/h12-15H,4-11H2,1-3H3/t13-,14+,15-/m1/s1. The van der Waals surface area contributed by atoms with Crippen LogP contribution in [-0.2, 0) is 4.74 Å². The van der Waals surface area contributed by atoms with Gasteiger partial charge in [-0.2, -0.15) is 0 Å². The first-order valence-electron chi connectivity index (χ1n) is 8.03. The van der Waals surface area contributed by atoms with Crippen LogP contribution in [0.25, 0.3) is 0 Å². The van der Waals surface area contributed by atoms with Gasteiger partial charge in [0.05, 0.1) is 0 Å². The molecule has 3 nitrogen and oxygen atoms in total. The number of ether oxygens (including phenoxy) is 1. The molecular formula is C16H29NO2. The summed E-state index contributed by atoms with van der Waals surface area (Å²) in [7, 11) is 0. The molecule has 1 aliphatic heterocycles. The van der Waals surface area contributed by atoms with E-state index in [0.717, 1.165) is 32.4 Å². The van der Waals surface area contributed by atoms with Crippen molar-refractivity contribution in [2.24, 2.45) is 17.8 Å². The minimum absolute atomic E-state index is 0.0653. The highest BCUT2D eigenvalue weighted by molar-refractivity contribution is 5.67. The minimum atomic E-state index is -0.0653. The maximum atomic E-state index is 12.2. The van der Waals surface area contributed by atoms with Gasteiger partial charge in [0.25, 0.3) is 0 Å². The highest BCUT2D eigenvalue weighted by Crippen LogP contribution is 2.35. The van der Waals surface area contributed by atoms with Gasteiger partial charge in [0, 0.05) is 13.1 Å². The van der Waals surface area contributed by atoms with Gasteiger partial charge in [-0.05, 0) is 49.9 Å². The molecule has 110 valence electrons. The van der Waals surface area contributed by atoms with E-state index >= 15 is 0 Å². The first kappa shape index (κ1) is 14.7. The first-order chi connectivity index (χ1) is 9.08. The Morgan fingerprint density at radius 2 is 1.84 bits per heavy atom. The van der Waals surface area contributed by atoms with E-state index in [2.05, 4.69) is 20.8 Å². The molecule has 0 N–H and O–H groups in total. The van der Waals surface area contributed by atoms with Crippen LogP contribution in [0, 0.1) is 17.8 Å². The number of hydrogen-bond donors (Lipinski definition) is 0. The van der Waals surface area contributed by atoms with Crippen molar-refractivity contribution in [3.05, 3.63) is 0 Å². The fraction of sp³-hybridized carbons (Fsp3) is 0.938. The van der Waals surface area contributed by atoms with Crippen molar-refractivity contribution in [2.45, 2.75) is 65.4 Å². The number of piperidine rings is 1. The molecule has 2 fully saturated rings. The van der Waals surface area contributed by atoms with Crippen LogP contribution in [0.1, 0.15) is 59.3 Å². The third-order valence-corrected chi connectivity index (χ3v) is 4.83. The molecule has 2 aliphatic rings. The average molecular weight is 267 g/mol. The number of carbonyl (C=O) groups is 1.